The van der Waals surface area contributed by atoms with Gasteiger partial charge in [-0.25, -0.2) is 14.6 Å². The van der Waals surface area contributed by atoms with Crippen molar-refractivity contribution in [3.8, 4) is 11.5 Å². The van der Waals surface area contributed by atoms with Gasteiger partial charge < -0.3 is 26.2 Å². The summed E-state index contributed by atoms with van der Waals surface area (Å²) in [5.74, 6) is -4.13. The second-order valence-electron chi connectivity index (χ2n) is 9.00. The molecule has 1 heterocycles. The molecule has 0 saturated carbocycles. The smallest absolute Gasteiger partial charge is 0.339 e. The van der Waals surface area contributed by atoms with Gasteiger partial charge in [0.1, 0.15) is 16.2 Å². The number of allylic oxidation sites excluding steroid dienone is 4. The molecular weight excluding hydrogens is 556 g/mol. The fourth-order valence-electron chi connectivity index (χ4n) is 4.56. The van der Waals surface area contributed by atoms with Crippen molar-refractivity contribution in [3.05, 3.63) is 95.2 Å². The van der Waals surface area contributed by atoms with Crippen LogP contribution in [0.15, 0.2) is 93.8 Å². The molecular formula is C27H20N4O9S. The quantitative estimate of drug-likeness (QED) is 0.138. The number of aromatic hydroxyl groups is 2. The Labute approximate surface area is 231 Å². The first-order valence-electron chi connectivity index (χ1n) is 11.7. The van der Waals surface area contributed by atoms with Gasteiger partial charge in [0.15, 0.2) is 11.4 Å². The maximum absolute atomic E-state index is 12.1. The summed E-state index contributed by atoms with van der Waals surface area (Å²) >= 11 is 0. The number of hydrogen-bond acceptors (Lipinski definition) is 9. The molecule has 41 heavy (non-hydrogen) atoms. The number of rotatable bonds is 6. The molecule has 14 heteroatoms. The molecule has 1 aliphatic heterocycles. The lowest BCUT2D eigenvalue weighted by molar-refractivity contribution is 0.0693. The zero-order valence-electron chi connectivity index (χ0n) is 20.7. The first-order valence-corrected chi connectivity index (χ1v) is 13.1. The average Bonchev–Trinajstić information content (AvgIpc) is 2.92. The molecule has 0 radical (unpaired) electrons. The number of benzene rings is 3. The molecule has 0 spiro atoms. The standard InChI is InChI=1S/C27H20N4O9S/c28-15-6-5-13-11-22(41(38,39)40)23(25(33)18(13)12-15)29-30-31-8-7-16(17-3-1-2-4-21(17)31)19-9-14(26(34)35)10-20(24(19)32)27(36)37/h1-12,21,32-33H,28H2,(H,34,35)(H,36,37)(H,38,39,40). The summed E-state index contributed by atoms with van der Waals surface area (Å²) in [4.78, 5) is 22.6. The molecule has 0 fully saturated rings. The topological polar surface area (TPSA) is 223 Å². The number of aromatic carboxylic acids is 2. The zero-order chi connectivity index (χ0) is 29.6. The number of carboxylic acids is 2. The van der Waals surface area contributed by atoms with Crippen LogP contribution in [0, 0.1) is 0 Å². The summed E-state index contributed by atoms with van der Waals surface area (Å²) in [7, 11) is -4.85. The molecule has 0 saturated heterocycles. The summed E-state index contributed by atoms with van der Waals surface area (Å²) in [6.07, 6.45) is 9.45. The van der Waals surface area contributed by atoms with Crippen LogP contribution in [0.2, 0.25) is 0 Å². The van der Waals surface area contributed by atoms with Gasteiger partial charge in [-0.1, -0.05) is 35.6 Å². The highest BCUT2D eigenvalue weighted by Gasteiger charge is 2.29. The summed E-state index contributed by atoms with van der Waals surface area (Å²) in [5, 5.41) is 50.3. The predicted molar refractivity (Wildman–Crippen MR) is 146 cm³/mol. The number of hydrogen-bond donors (Lipinski definition) is 6. The van der Waals surface area contributed by atoms with E-state index >= 15 is 0 Å². The van der Waals surface area contributed by atoms with Crippen LogP contribution < -0.4 is 5.73 Å². The second-order valence-corrected chi connectivity index (χ2v) is 10.4. The third kappa shape index (κ3) is 4.88. The van der Waals surface area contributed by atoms with Crippen LogP contribution in [-0.4, -0.2) is 56.4 Å². The summed E-state index contributed by atoms with van der Waals surface area (Å²) < 4.78 is 34.1. The van der Waals surface area contributed by atoms with Crippen LogP contribution in [0.4, 0.5) is 11.4 Å². The molecule has 1 unspecified atom stereocenters. The fraction of sp³-hybridized carbons (Fsp3) is 0.0370. The van der Waals surface area contributed by atoms with E-state index in [2.05, 4.69) is 10.3 Å². The van der Waals surface area contributed by atoms with E-state index < -0.39 is 55.7 Å². The van der Waals surface area contributed by atoms with E-state index in [1.807, 2.05) is 0 Å². The van der Waals surface area contributed by atoms with Gasteiger partial charge in [-0.15, -0.1) is 5.11 Å². The van der Waals surface area contributed by atoms with Crippen molar-refractivity contribution in [1.82, 2.24) is 5.01 Å². The van der Waals surface area contributed by atoms with Crippen molar-refractivity contribution in [2.75, 3.05) is 5.73 Å². The third-order valence-electron chi connectivity index (χ3n) is 6.47. The third-order valence-corrected chi connectivity index (χ3v) is 7.34. The minimum Gasteiger partial charge on any atom is -0.506 e. The number of carbonyl (C=O) groups is 2. The van der Waals surface area contributed by atoms with E-state index in [0.717, 1.165) is 18.2 Å². The lowest BCUT2D eigenvalue weighted by atomic mass is 9.87. The summed E-state index contributed by atoms with van der Waals surface area (Å²) in [5.41, 5.74) is 5.32. The van der Waals surface area contributed by atoms with E-state index in [0.29, 0.717) is 11.1 Å². The monoisotopic (exact) mass is 576 g/mol. The van der Waals surface area contributed by atoms with E-state index in [-0.39, 0.29) is 27.6 Å². The molecule has 1 atom stereocenters. The number of anilines is 1. The van der Waals surface area contributed by atoms with Crippen molar-refractivity contribution < 1.29 is 43.0 Å². The molecule has 13 nitrogen and oxygen atoms in total. The van der Waals surface area contributed by atoms with Crippen LogP contribution >= 0.6 is 0 Å². The van der Waals surface area contributed by atoms with Crippen molar-refractivity contribution in [2.24, 2.45) is 10.3 Å². The number of nitrogen functional groups attached to an aromatic ring is 1. The van der Waals surface area contributed by atoms with Crippen molar-refractivity contribution in [3.63, 3.8) is 0 Å². The lowest BCUT2D eigenvalue weighted by Crippen LogP contribution is -2.29. The van der Waals surface area contributed by atoms with Gasteiger partial charge in [-0.05, 0) is 52.9 Å². The summed E-state index contributed by atoms with van der Waals surface area (Å²) in [6.45, 7) is 0. The Bertz CT molecular complexity index is 1920. The number of fused-ring (bicyclic) bond motifs is 2. The number of nitrogens with two attached hydrogens (primary N) is 1. The van der Waals surface area contributed by atoms with Gasteiger partial charge >= 0.3 is 11.9 Å². The van der Waals surface area contributed by atoms with Gasteiger partial charge in [-0.3, -0.25) is 4.55 Å². The number of phenols is 2. The Morgan fingerprint density at radius 3 is 2.39 bits per heavy atom. The van der Waals surface area contributed by atoms with E-state index in [1.165, 1.54) is 35.5 Å². The van der Waals surface area contributed by atoms with Crippen LogP contribution in [0.3, 0.4) is 0 Å². The molecule has 2 aliphatic rings. The van der Waals surface area contributed by atoms with Gasteiger partial charge in [0, 0.05) is 22.8 Å². The van der Waals surface area contributed by atoms with E-state index in [1.54, 1.807) is 24.3 Å². The molecule has 3 aromatic carbocycles. The fourth-order valence-corrected chi connectivity index (χ4v) is 5.21. The Kier molecular flexibility index (Phi) is 6.57. The molecule has 7 N–H and O–H groups in total. The molecule has 0 aromatic heterocycles. The minimum atomic E-state index is -4.85. The minimum absolute atomic E-state index is 0.0477. The van der Waals surface area contributed by atoms with Gasteiger partial charge in [0.2, 0.25) is 0 Å². The van der Waals surface area contributed by atoms with Gasteiger partial charge in [0.25, 0.3) is 10.1 Å². The van der Waals surface area contributed by atoms with Crippen molar-refractivity contribution in [2.45, 2.75) is 10.9 Å². The summed E-state index contributed by atoms with van der Waals surface area (Å²) in [6, 6.07) is 6.76. The van der Waals surface area contributed by atoms with Crippen molar-refractivity contribution >= 4 is 49.8 Å². The van der Waals surface area contributed by atoms with Crippen LogP contribution in [-0.2, 0) is 10.1 Å². The number of carboxylic acid groups (broad SMARTS) is 2. The Morgan fingerprint density at radius 1 is 0.951 bits per heavy atom. The van der Waals surface area contributed by atoms with Crippen LogP contribution in [0.25, 0.3) is 16.3 Å². The van der Waals surface area contributed by atoms with E-state index in [9.17, 15) is 43.0 Å². The Morgan fingerprint density at radius 2 is 1.71 bits per heavy atom. The first kappa shape index (κ1) is 27.1. The molecule has 0 amide bonds. The first-order chi connectivity index (χ1) is 19.4. The molecule has 208 valence electrons. The maximum Gasteiger partial charge on any atom is 0.339 e. The highest BCUT2D eigenvalue weighted by atomic mass is 32.2. The van der Waals surface area contributed by atoms with Gasteiger partial charge in [0.05, 0.1) is 11.6 Å². The molecule has 5 rings (SSSR count). The zero-order valence-corrected chi connectivity index (χ0v) is 21.5. The SMILES string of the molecule is Nc1ccc2cc(S(=O)(=O)O)c(N=NN3C=CC(c4cc(C(=O)O)cc(C(=O)O)c4O)=C4C=CC=CC43)c(O)c2c1. The highest BCUT2D eigenvalue weighted by molar-refractivity contribution is 7.86. The van der Waals surface area contributed by atoms with Crippen molar-refractivity contribution in [1.29, 1.82) is 0 Å². The number of phenolic OH excluding ortho intramolecular Hbond substituents is 1. The molecule has 3 aromatic rings. The maximum atomic E-state index is 12.1. The van der Waals surface area contributed by atoms with Gasteiger partial charge in [-0.2, -0.15) is 8.42 Å². The van der Waals surface area contributed by atoms with Crippen LogP contribution in [0.1, 0.15) is 26.3 Å². The highest BCUT2D eigenvalue weighted by Crippen LogP contribution is 2.43. The average molecular weight is 577 g/mol. The predicted octanol–water partition coefficient (Wildman–Crippen LogP) is 4.25. The Balaban J connectivity index is 1.62. The molecule has 1 aliphatic carbocycles. The largest absolute Gasteiger partial charge is 0.506 e. The molecule has 0 bridgehead atoms. The normalized spacial score (nSPS) is 16.5. The van der Waals surface area contributed by atoms with Crippen LogP contribution in [0.5, 0.6) is 11.5 Å². The number of nitrogens with zero attached hydrogens (tertiary/aromatic N) is 3. The van der Waals surface area contributed by atoms with E-state index in [4.69, 9.17) is 5.73 Å². The lowest BCUT2D eigenvalue weighted by Gasteiger charge is -2.30. The second kappa shape index (κ2) is 9.93. The Hall–Kier alpha value is -5.47.